The fraction of sp³-hybridized carbons (Fsp3) is 0.500. The molecule has 1 unspecified atom stereocenters. The Morgan fingerprint density at radius 3 is 1.92 bits per heavy atom. The first kappa shape index (κ1) is 27.7. The van der Waals surface area contributed by atoms with Gasteiger partial charge in [-0.3, -0.25) is 0 Å². The summed E-state index contributed by atoms with van der Waals surface area (Å²) in [5.74, 6) is 0. The van der Waals surface area contributed by atoms with Crippen LogP contribution in [0.15, 0.2) is 52.6 Å². The van der Waals surface area contributed by atoms with E-state index in [0.717, 1.165) is 0 Å². The van der Waals surface area contributed by atoms with Crippen molar-refractivity contribution in [1.82, 2.24) is 0 Å². The summed E-state index contributed by atoms with van der Waals surface area (Å²) in [6, 6.07) is 12.5. The van der Waals surface area contributed by atoms with Gasteiger partial charge in [0.1, 0.15) is 0 Å². The molecule has 5 heteroatoms. The molecule has 1 atom stereocenters. The van der Waals surface area contributed by atoms with E-state index in [-0.39, 0.29) is 46.7 Å². The number of rotatable bonds is 4. The van der Waals surface area contributed by atoms with Crippen LogP contribution in [0.5, 0.6) is 0 Å². The zero-order valence-corrected chi connectivity index (χ0v) is 21.4. The van der Waals surface area contributed by atoms with Crippen molar-refractivity contribution in [2.45, 2.75) is 57.7 Å². The maximum absolute atomic E-state index is 2.50. The normalized spacial score (nSPS) is 20.5. The second kappa shape index (κ2) is 10.7. The zero-order chi connectivity index (χ0) is 16.5. The Labute approximate surface area is 187 Å². The monoisotopic (exact) mass is 450 g/mol. The molecule has 0 aromatic heterocycles. The van der Waals surface area contributed by atoms with E-state index in [4.69, 9.17) is 0 Å². The molecule has 0 spiro atoms. The van der Waals surface area contributed by atoms with Crippen molar-refractivity contribution in [3.63, 3.8) is 0 Å². The van der Waals surface area contributed by atoms with Gasteiger partial charge in [-0.15, -0.1) is 0 Å². The summed E-state index contributed by atoms with van der Waals surface area (Å²) in [5, 5.41) is 1.59. The van der Waals surface area contributed by atoms with Gasteiger partial charge in [-0.2, -0.15) is 0 Å². The molecule has 0 saturated carbocycles. The van der Waals surface area contributed by atoms with E-state index >= 15 is 0 Å². The Hall–Kier alpha value is 0.501. The summed E-state index contributed by atoms with van der Waals surface area (Å²) < 4.78 is 0.295. The van der Waals surface area contributed by atoms with Crippen LogP contribution in [0.3, 0.4) is 0 Å². The summed E-state index contributed by atoms with van der Waals surface area (Å²) >= 11 is 2.50. The minimum Gasteiger partial charge on any atom is -1.00 e. The molecule has 0 heterocycles. The first-order valence-electron chi connectivity index (χ1n) is 8.32. The van der Waals surface area contributed by atoms with E-state index in [9.17, 15) is 0 Å². The van der Waals surface area contributed by atoms with Crippen LogP contribution in [0.2, 0.25) is 9.76 Å². The molecule has 2 rings (SSSR count). The second-order valence-electron chi connectivity index (χ2n) is 7.98. The van der Waals surface area contributed by atoms with E-state index in [2.05, 4.69) is 92.3 Å². The Morgan fingerprint density at radius 1 is 0.920 bits per heavy atom. The number of benzene rings is 1. The van der Waals surface area contributed by atoms with Crippen LogP contribution >= 0.6 is 0 Å². The molecule has 0 saturated heterocycles. The van der Waals surface area contributed by atoms with Gasteiger partial charge in [0.25, 0.3) is 0 Å². The molecule has 0 amide bonds. The minimum atomic E-state index is -0.228. The van der Waals surface area contributed by atoms with E-state index in [0.29, 0.717) is 9.13 Å². The van der Waals surface area contributed by atoms with E-state index in [1.165, 1.54) is 12.5 Å². The van der Waals surface area contributed by atoms with Crippen LogP contribution in [0.1, 0.15) is 48.0 Å². The average molecular weight is 452 g/mol. The van der Waals surface area contributed by atoms with Crippen LogP contribution in [0.25, 0.3) is 0 Å². The molecule has 0 fully saturated rings. The average Bonchev–Trinajstić information content (AvgIpc) is 2.61. The van der Waals surface area contributed by atoms with Gasteiger partial charge in [0.05, 0.1) is 0 Å². The third-order valence-corrected chi connectivity index (χ3v) is 9.35. The van der Waals surface area contributed by atoms with Gasteiger partial charge in [0.2, 0.25) is 0 Å². The van der Waals surface area contributed by atoms with Crippen molar-refractivity contribution < 1.29 is 57.7 Å². The molecule has 0 bridgehead atoms. The second-order valence-corrected chi connectivity index (χ2v) is 11.1. The molecule has 1 aromatic rings. The van der Waals surface area contributed by atoms with E-state index in [1.54, 1.807) is 27.5 Å². The quantitative estimate of drug-likeness (QED) is 0.407. The van der Waals surface area contributed by atoms with Crippen molar-refractivity contribution in [2.24, 2.45) is 5.41 Å². The molecule has 1 aliphatic rings. The SMILES string of the molecule is CC1=C(C)[C]([Ti+3])(C[SiH2]c2ccccc2)C(CC(C)(C)C)=C1C.[Cl-].[Cl-].[Cl-]. The van der Waals surface area contributed by atoms with Gasteiger partial charge in [0.15, 0.2) is 0 Å². The van der Waals surface area contributed by atoms with Gasteiger partial charge in [0, 0.05) is 0 Å². The molecular weight excluding hydrogens is 423 g/mol. The Kier molecular flexibility index (Phi) is 11.9. The summed E-state index contributed by atoms with van der Waals surface area (Å²) in [6.45, 7) is 14.1. The maximum Gasteiger partial charge on any atom is -1.00 e. The summed E-state index contributed by atoms with van der Waals surface area (Å²) in [4.78, 5) is 0. The van der Waals surface area contributed by atoms with Gasteiger partial charge in [-0.05, 0) is 0 Å². The third-order valence-electron chi connectivity index (χ3n) is 5.07. The summed E-state index contributed by atoms with van der Waals surface area (Å²) in [5.41, 5.74) is 6.80. The van der Waals surface area contributed by atoms with E-state index in [1.807, 2.05) is 0 Å². The van der Waals surface area contributed by atoms with Crippen molar-refractivity contribution in [2.75, 3.05) is 0 Å². The van der Waals surface area contributed by atoms with E-state index < -0.39 is 0 Å². The van der Waals surface area contributed by atoms with Crippen LogP contribution in [-0.4, -0.2) is 9.52 Å². The molecule has 0 aliphatic heterocycles. The van der Waals surface area contributed by atoms with Crippen LogP contribution in [0.4, 0.5) is 0 Å². The standard InChI is InChI=1S/C20H29Si.3ClH.Ti/c1-14-15(2)18(12-20(4,5)6)19(16(14)3)13-21-17-10-8-7-9-11-17;;;;/h7-11H,12-13,21H2,1-6H3;3*1H;/q;;;;+3/p-3. The number of allylic oxidation sites excluding steroid dienone is 4. The minimum absolute atomic E-state index is 0. The van der Waals surface area contributed by atoms with Crippen molar-refractivity contribution in [1.29, 1.82) is 0 Å². The number of halogens is 3. The summed E-state index contributed by atoms with van der Waals surface area (Å²) in [6.07, 6.45) is 1.22. The molecular formula is C20H29Cl3SiTi. The predicted octanol–water partition coefficient (Wildman–Crippen LogP) is -4.28. The Morgan fingerprint density at radius 2 is 1.44 bits per heavy atom. The van der Waals surface area contributed by atoms with Gasteiger partial charge in [-0.25, -0.2) is 0 Å². The van der Waals surface area contributed by atoms with Gasteiger partial charge >= 0.3 is 151 Å². The molecule has 0 N–H and O–H groups in total. The molecule has 1 aliphatic carbocycles. The maximum atomic E-state index is 2.50. The fourth-order valence-electron chi connectivity index (χ4n) is 3.50. The smallest absolute Gasteiger partial charge is 1.00 e. The van der Waals surface area contributed by atoms with Crippen LogP contribution < -0.4 is 42.4 Å². The van der Waals surface area contributed by atoms with Crippen LogP contribution in [0, 0.1) is 5.41 Å². The largest absolute Gasteiger partial charge is 1.00 e. The van der Waals surface area contributed by atoms with Crippen molar-refractivity contribution in [3.8, 4) is 0 Å². The van der Waals surface area contributed by atoms with Crippen LogP contribution in [-0.2, 0) is 20.4 Å². The first-order chi connectivity index (χ1) is 10.1. The predicted molar refractivity (Wildman–Crippen MR) is 97.3 cm³/mol. The Balaban J connectivity index is 0. The summed E-state index contributed by atoms with van der Waals surface area (Å²) in [7, 11) is -0.228. The molecule has 25 heavy (non-hydrogen) atoms. The van der Waals surface area contributed by atoms with Gasteiger partial charge in [-0.1, -0.05) is 0 Å². The zero-order valence-electron chi connectivity index (χ0n) is 16.1. The molecule has 0 nitrogen and oxygen atoms in total. The van der Waals surface area contributed by atoms with Crippen molar-refractivity contribution in [3.05, 3.63) is 52.6 Å². The topological polar surface area (TPSA) is 0 Å². The molecule has 1 aromatic carbocycles. The number of hydrogen-bond donors (Lipinski definition) is 0. The third kappa shape index (κ3) is 6.56. The fourth-order valence-corrected chi connectivity index (χ4v) is 6.76. The molecule has 138 valence electrons. The van der Waals surface area contributed by atoms with Crippen molar-refractivity contribution >= 4 is 14.7 Å². The van der Waals surface area contributed by atoms with Gasteiger partial charge < -0.3 is 37.2 Å². The Bertz CT molecular complexity index is 618. The molecule has 0 radical (unpaired) electrons. The first-order valence-corrected chi connectivity index (χ1v) is 10.8. The number of hydrogen-bond acceptors (Lipinski definition) is 0.